The summed E-state index contributed by atoms with van der Waals surface area (Å²) in [6, 6.07) is 8.31. The number of fused-ring (bicyclic) bond motifs is 1. The lowest BCUT2D eigenvalue weighted by Crippen LogP contribution is -2.36. The normalized spacial score (nSPS) is 21.8. The van der Waals surface area contributed by atoms with Crippen LogP contribution < -0.4 is 0 Å². The number of hydrogen-bond acceptors (Lipinski definition) is 2. The van der Waals surface area contributed by atoms with Gasteiger partial charge in [0.25, 0.3) is 0 Å². The zero-order valence-electron chi connectivity index (χ0n) is 11.6. The second-order valence-electron chi connectivity index (χ2n) is 5.54. The molecule has 1 N–H and O–H groups in total. The highest BCUT2D eigenvalue weighted by atomic mass is 35.5. The average molecular weight is 291 g/mol. The summed E-state index contributed by atoms with van der Waals surface area (Å²) in [5.41, 5.74) is 2.41. The van der Waals surface area contributed by atoms with Gasteiger partial charge in [-0.2, -0.15) is 5.10 Å². The highest BCUT2D eigenvalue weighted by molar-refractivity contribution is 6.31. The van der Waals surface area contributed by atoms with Crippen LogP contribution in [0.4, 0.5) is 0 Å². The maximum absolute atomic E-state index is 11.1. The predicted molar refractivity (Wildman–Crippen MR) is 79.9 cm³/mol. The molecule has 3 nitrogen and oxygen atoms in total. The van der Waals surface area contributed by atoms with Gasteiger partial charge in [-0.3, -0.25) is 4.68 Å². The quantitative estimate of drug-likeness (QED) is 0.942. The fourth-order valence-electron chi connectivity index (χ4n) is 3.13. The van der Waals surface area contributed by atoms with E-state index >= 15 is 0 Å². The summed E-state index contributed by atoms with van der Waals surface area (Å²) in [5, 5.41) is 16.0. The fourth-order valence-corrected chi connectivity index (χ4v) is 3.44. The largest absolute Gasteiger partial charge is 0.383 e. The van der Waals surface area contributed by atoms with Crippen LogP contribution in [0.1, 0.15) is 36.6 Å². The van der Waals surface area contributed by atoms with Crippen molar-refractivity contribution in [1.82, 2.24) is 9.78 Å². The number of nitrogens with zero attached hydrogens (tertiary/aromatic N) is 2. The van der Waals surface area contributed by atoms with Gasteiger partial charge in [0.05, 0.1) is 16.9 Å². The number of hydrogen-bond donors (Lipinski definition) is 1. The third-order valence-electron chi connectivity index (χ3n) is 4.08. The number of rotatable bonds is 3. The predicted octanol–water partition coefficient (Wildman–Crippen LogP) is 3.32. The van der Waals surface area contributed by atoms with E-state index in [4.69, 9.17) is 11.6 Å². The molecule has 0 amide bonds. The molecule has 0 fully saturated rings. The minimum Gasteiger partial charge on any atom is -0.383 e. The van der Waals surface area contributed by atoms with Crippen LogP contribution in [0.25, 0.3) is 0 Å². The summed E-state index contributed by atoms with van der Waals surface area (Å²) in [6.45, 7) is 2.88. The molecular weight excluding hydrogens is 272 g/mol. The van der Waals surface area contributed by atoms with Gasteiger partial charge in [0, 0.05) is 13.0 Å². The highest BCUT2D eigenvalue weighted by Crippen LogP contribution is 2.39. The average Bonchev–Trinajstić information content (AvgIpc) is 2.81. The number of halogens is 1. The molecule has 1 aromatic heterocycles. The van der Waals surface area contributed by atoms with E-state index in [1.165, 1.54) is 11.1 Å². The Hall–Kier alpha value is -1.32. The molecule has 3 rings (SSSR count). The number of aryl methyl sites for hydroxylation is 2. The second kappa shape index (κ2) is 5.23. The smallest absolute Gasteiger partial charge is 0.112 e. The van der Waals surface area contributed by atoms with Gasteiger partial charge in [-0.05, 0) is 30.4 Å². The highest BCUT2D eigenvalue weighted by Gasteiger charge is 2.38. The Bertz CT molecular complexity index is 623. The van der Waals surface area contributed by atoms with Crippen LogP contribution in [0.3, 0.4) is 0 Å². The molecule has 0 saturated heterocycles. The van der Waals surface area contributed by atoms with Crippen LogP contribution in [0.15, 0.2) is 30.5 Å². The van der Waals surface area contributed by atoms with Crippen LogP contribution in [0.5, 0.6) is 0 Å². The number of aromatic nitrogens is 2. The first-order valence-corrected chi connectivity index (χ1v) is 7.53. The molecule has 1 atom stereocenters. The second-order valence-corrected chi connectivity index (χ2v) is 5.95. The van der Waals surface area contributed by atoms with Crippen LogP contribution >= 0.6 is 11.6 Å². The summed E-state index contributed by atoms with van der Waals surface area (Å²) in [5.74, 6) is 0. The molecule has 0 spiro atoms. The molecule has 0 aliphatic heterocycles. The van der Waals surface area contributed by atoms with E-state index < -0.39 is 5.60 Å². The molecule has 1 unspecified atom stereocenters. The maximum Gasteiger partial charge on any atom is 0.112 e. The van der Waals surface area contributed by atoms with Crippen LogP contribution in [-0.2, 0) is 25.0 Å². The first-order valence-electron chi connectivity index (χ1n) is 7.15. The molecule has 1 aromatic carbocycles. The Balaban J connectivity index is 2.00. The minimum absolute atomic E-state index is 0.570. The summed E-state index contributed by atoms with van der Waals surface area (Å²) < 4.78 is 1.86. The van der Waals surface area contributed by atoms with Crippen LogP contribution in [0, 0.1) is 0 Å². The molecule has 2 aromatic rings. The first-order chi connectivity index (χ1) is 9.64. The topological polar surface area (TPSA) is 38.0 Å². The summed E-state index contributed by atoms with van der Waals surface area (Å²) in [6.07, 6.45) is 4.79. The van der Waals surface area contributed by atoms with Crippen molar-refractivity contribution in [2.75, 3.05) is 0 Å². The van der Waals surface area contributed by atoms with Gasteiger partial charge in [-0.1, -0.05) is 42.8 Å². The maximum atomic E-state index is 11.1. The lowest BCUT2D eigenvalue weighted by Gasteiger charge is -2.34. The SMILES string of the molecule is CCCn1ncc(Cl)c1C1(O)CCc2ccccc2C1. The van der Waals surface area contributed by atoms with Crippen molar-refractivity contribution in [2.45, 2.75) is 44.8 Å². The van der Waals surface area contributed by atoms with Crippen molar-refractivity contribution in [3.63, 3.8) is 0 Å². The van der Waals surface area contributed by atoms with E-state index in [1.807, 2.05) is 10.7 Å². The van der Waals surface area contributed by atoms with Gasteiger partial charge in [0.1, 0.15) is 5.60 Å². The van der Waals surface area contributed by atoms with E-state index in [-0.39, 0.29) is 0 Å². The molecular formula is C16H19ClN2O. The zero-order valence-corrected chi connectivity index (χ0v) is 12.4. The van der Waals surface area contributed by atoms with Crippen molar-refractivity contribution in [2.24, 2.45) is 0 Å². The lowest BCUT2D eigenvalue weighted by molar-refractivity contribution is 0.0134. The summed E-state index contributed by atoms with van der Waals surface area (Å²) >= 11 is 6.29. The Kier molecular flexibility index (Phi) is 3.57. The molecule has 0 bridgehead atoms. The van der Waals surface area contributed by atoms with Gasteiger partial charge >= 0.3 is 0 Å². The van der Waals surface area contributed by atoms with Crippen LogP contribution in [0.2, 0.25) is 5.02 Å². The summed E-state index contributed by atoms with van der Waals surface area (Å²) in [7, 11) is 0. The Morgan fingerprint density at radius 1 is 1.35 bits per heavy atom. The van der Waals surface area contributed by atoms with Gasteiger partial charge in [0.15, 0.2) is 0 Å². The van der Waals surface area contributed by atoms with E-state index in [2.05, 4.69) is 30.2 Å². The van der Waals surface area contributed by atoms with E-state index in [9.17, 15) is 5.11 Å². The molecule has 1 aliphatic carbocycles. The van der Waals surface area contributed by atoms with Gasteiger partial charge in [-0.15, -0.1) is 0 Å². The van der Waals surface area contributed by atoms with Gasteiger partial charge in [0.2, 0.25) is 0 Å². The van der Waals surface area contributed by atoms with E-state index in [1.54, 1.807) is 6.20 Å². The van der Waals surface area contributed by atoms with Gasteiger partial charge < -0.3 is 5.11 Å². The zero-order chi connectivity index (χ0) is 14.2. The number of benzene rings is 1. The number of aliphatic hydroxyl groups is 1. The Labute approximate surface area is 124 Å². The van der Waals surface area contributed by atoms with Crippen molar-refractivity contribution < 1.29 is 5.11 Å². The van der Waals surface area contributed by atoms with Gasteiger partial charge in [-0.25, -0.2) is 0 Å². The Morgan fingerprint density at radius 3 is 2.85 bits per heavy atom. The molecule has 1 aliphatic rings. The third-order valence-corrected chi connectivity index (χ3v) is 4.36. The van der Waals surface area contributed by atoms with Crippen molar-refractivity contribution in [3.8, 4) is 0 Å². The lowest BCUT2D eigenvalue weighted by atomic mass is 9.78. The van der Waals surface area contributed by atoms with Crippen molar-refractivity contribution in [1.29, 1.82) is 0 Å². The molecule has 0 radical (unpaired) electrons. The van der Waals surface area contributed by atoms with Crippen molar-refractivity contribution >= 4 is 11.6 Å². The molecule has 20 heavy (non-hydrogen) atoms. The Morgan fingerprint density at radius 2 is 2.10 bits per heavy atom. The minimum atomic E-state index is -0.906. The molecule has 1 heterocycles. The summed E-state index contributed by atoms with van der Waals surface area (Å²) in [4.78, 5) is 0. The fraction of sp³-hybridized carbons (Fsp3) is 0.438. The van der Waals surface area contributed by atoms with E-state index in [0.717, 1.165) is 25.1 Å². The van der Waals surface area contributed by atoms with Crippen LogP contribution in [-0.4, -0.2) is 14.9 Å². The van der Waals surface area contributed by atoms with Crippen molar-refractivity contribution in [3.05, 3.63) is 52.3 Å². The first kappa shape index (κ1) is 13.7. The monoisotopic (exact) mass is 290 g/mol. The standard InChI is InChI=1S/C16H19ClN2O/c1-2-9-19-15(14(17)11-18-19)16(20)8-7-12-5-3-4-6-13(12)10-16/h3-6,11,20H,2,7-10H2,1H3. The third kappa shape index (κ3) is 2.25. The molecule has 106 valence electrons. The molecule has 0 saturated carbocycles. The molecule has 4 heteroatoms. The van der Waals surface area contributed by atoms with E-state index in [0.29, 0.717) is 17.9 Å².